The molecule has 0 amide bonds. The molecule has 1 aliphatic rings. The molecule has 2 unspecified atom stereocenters. The fraction of sp³-hybridized carbons (Fsp3) is 0.611. The molecule has 0 bridgehead atoms. The van der Waals surface area contributed by atoms with Crippen LogP contribution < -0.4 is 10.6 Å². The summed E-state index contributed by atoms with van der Waals surface area (Å²) in [5, 5.41) is 6.05. The third-order valence-electron chi connectivity index (χ3n) is 4.14. The molecule has 0 radical (unpaired) electrons. The summed E-state index contributed by atoms with van der Waals surface area (Å²) in [5.74, 6) is 0.103. The van der Waals surface area contributed by atoms with Crippen LogP contribution in [-0.4, -0.2) is 62.8 Å². The monoisotopic (exact) mass is 400 g/mol. The molecule has 1 fully saturated rings. The Hall–Kier alpha value is -1.71. The Morgan fingerprint density at radius 2 is 1.93 bits per heavy atom. The number of morpholine rings is 1. The van der Waals surface area contributed by atoms with Crippen LogP contribution in [0.1, 0.15) is 26.3 Å². The molecule has 0 saturated carbocycles. The molecule has 2 rings (SSSR count). The number of benzene rings is 1. The number of halogens is 1. The summed E-state index contributed by atoms with van der Waals surface area (Å²) in [4.78, 5) is 4.33. The number of aliphatic imine (C=N–C) groups is 1. The summed E-state index contributed by atoms with van der Waals surface area (Å²) in [7, 11) is -3.39. The first-order valence-corrected chi connectivity index (χ1v) is 10.8. The molecule has 2 atom stereocenters. The molecular formula is C18H29FN4O3S. The lowest BCUT2D eigenvalue weighted by molar-refractivity contribution is -0.0440. The van der Waals surface area contributed by atoms with E-state index >= 15 is 0 Å². The van der Waals surface area contributed by atoms with Gasteiger partial charge in [-0.05, 0) is 26.8 Å². The number of nitrogens with zero attached hydrogens (tertiary/aromatic N) is 2. The average molecular weight is 401 g/mol. The first kappa shape index (κ1) is 21.6. The minimum absolute atomic E-state index is 0.0451. The van der Waals surface area contributed by atoms with Gasteiger partial charge in [0.1, 0.15) is 5.82 Å². The van der Waals surface area contributed by atoms with Crippen LogP contribution >= 0.6 is 0 Å². The van der Waals surface area contributed by atoms with E-state index in [0.717, 1.165) is 0 Å². The van der Waals surface area contributed by atoms with Crippen molar-refractivity contribution in [2.75, 3.05) is 31.9 Å². The normalized spacial score (nSPS) is 21.9. The standard InChI is InChI=1S/C18H29FN4O3S/c1-4-20-18(22-11-16-7-5-6-8-17(16)19)21-9-10-27(24,25)23-12-14(2)26-15(3)13-23/h5-8,14-15H,4,9-13H2,1-3H3,(H2,20,21,22). The van der Waals surface area contributed by atoms with Gasteiger partial charge in [-0.1, -0.05) is 18.2 Å². The Morgan fingerprint density at radius 3 is 2.56 bits per heavy atom. The van der Waals surface area contributed by atoms with Crippen LogP contribution in [0.4, 0.5) is 4.39 Å². The summed E-state index contributed by atoms with van der Waals surface area (Å²) in [6.07, 6.45) is -0.229. The highest BCUT2D eigenvalue weighted by Crippen LogP contribution is 2.14. The smallest absolute Gasteiger partial charge is 0.216 e. The van der Waals surface area contributed by atoms with Gasteiger partial charge in [-0.3, -0.25) is 0 Å². The summed E-state index contributed by atoms with van der Waals surface area (Å²) in [6.45, 7) is 7.40. The lowest BCUT2D eigenvalue weighted by Gasteiger charge is -2.34. The van der Waals surface area contributed by atoms with Crippen LogP contribution in [-0.2, 0) is 21.3 Å². The van der Waals surface area contributed by atoms with E-state index in [9.17, 15) is 12.8 Å². The van der Waals surface area contributed by atoms with E-state index in [2.05, 4.69) is 15.6 Å². The molecule has 0 aliphatic carbocycles. The van der Waals surface area contributed by atoms with E-state index in [4.69, 9.17) is 4.74 Å². The van der Waals surface area contributed by atoms with Gasteiger partial charge >= 0.3 is 0 Å². The van der Waals surface area contributed by atoms with Gasteiger partial charge in [0.25, 0.3) is 0 Å². The molecule has 1 heterocycles. The highest BCUT2D eigenvalue weighted by molar-refractivity contribution is 7.89. The van der Waals surface area contributed by atoms with Crippen LogP contribution in [0.5, 0.6) is 0 Å². The predicted octanol–water partition coefficient (Wildman–Crippen LogP) is 1.32. The Labute approximate surface area is 161 Å². The number of hydrogen-bond acceptors (Lipinski definition) is 4. The lowest BCUT2D eigenvalue weighted by atomic mass is 10.2. The van der Waals surface area contributed by atoms with Gasteiger partial charge in [-0.2, -0.15) is 4.31 Å². The van der Waals surface area contributed by atoms with Gasteiger partial charge in [0.15, 0.2) is 5.96 Å². The third-order valence-corrected chi connectivity index (χ3v) is 5.95. The molecule has 9 heteroatoms. The first-order chi connectivity index (χ1) is 12.8. The van der Waals surface area contributed by atoms with E-state index in [1.54, 1.807) is 18.2 Å². The maximum atomic E-state index is 13.7. The van der Waals surface area contributed by atoms with Crippen molar-refractivity contribution in [2.24, 2.45) is 4.99 Å². The molecule has 1 aromatic rings. The maximum Gasteiger partial charge on any atom is 0.216 e. The second-order valence-corrected chi connectivity index (χ2v) is 8.69. The third kappa shape index (κ3) is 6.75. The molecule has 1 saturated heterocycles. The van der Waals surface area contributed by atoms with Crippen molar-refractivity contribution in [3.8, 4) is 0 Å². The topological polar surface area (TPSA) is 83.0 Å². The fourth-order valence-corrected chi connectivity index (χ4v) is 4.41. The Balaban J connectivity index is 1.91. The molecule has 0 aromatic heterocycles. The molecule has 1 aliphatic heterocycles. The second kappa shape index (κ2) is 10.0. The van der Waals surface area contributed by atoms with Crippen LogP contribution in [0.3, 0.4) is 0 Å². The highest BCUT2D eigenvalue weighted by atomic mass is 32.2. The average Bonchev–Trinajstić information content (AvgIpc) is 2.60. The van der Waals surface area contributed by atoms with Gasteiger partial charge in [-0.15, -0.1) is 0 Å². The minimum Gasteiger partial charge on any atom is -0.373 e. The van der Waals surface area contributed by atoms with E-state index in [1.807, 2.05) is 20.8 Å². The Bertz CT molecular complexity index is 732. The number of hydrogen-bond donors (Lipinski definition) is 2. The molecule has 2 N–H and O–H groups in total. The first-order valence-electron chi connectivity index (χ1n) is 9.20. The summed E-state index contributed by atoms with van der Waals surface area (Å²) in [6, 6.07) is 6.45. The van der Waals surface area contributed by atoms with Crippen molar-refractivity contribution in [3.05, 3.63) is 35.6 Å². The molecule has 1 aromatic carbocycles. The van der Waals surface area contributed by atoms with E-state index in [1.165, 1.54) is 10.4 Å². The van der Waals surface area contributed by atoms with E-state index in [0.29, 0.717) is 31.2 Å². The zero-order valence-corrected chi connectivity index (χ0v) is 16.9. The van der Waals surface area contributed by atoms with Crippen molar-refractivity contribution >= 4 is 16.0 Å². The van der Waals surface area contributed by atoms with E-state index in [-0.39, 0.29) is 36.9 Å². The quantitative estimate of drug-likeness (QED) is 0.533. The maximum absolute atomic E-state index is 13.7. The molecule has 7 nitrogen and oxygen atoms in total. The van der Waals surface area contributed by atoms with Crippen LogP contribution in [0.25, 0.3) is 0 Å². The largest absolute Gasteiger partial charge is 0.373 e. The number of rotatable bonds is 7. The number of nitrogens with one attached hydrogen (secondary N) is 2. The molecule has 152 valence electrons. The minimum atomic E-state index is -3.39. The number of sulfonamides is 1. The van der Waals surface area contributed by atoms with Crippen LogP contribution in [0.15, 0.2) is 29.3 Å². The van der Waals surface area contributed by atoms with Gasteiger partial charge < -0.3 is 15.4 Å². The number of guanidine groups is 1. The van der Waals surface area contributed by atoms with E-state index < -0.39 is 10.0 Å². The highest BCUT2D eigenvalue weighted by Gasteiger charge is 2.30. The summed E-state index contributed by atoms with van der Waals surface area (Å²) >= 11 is 0. The van der Waals surface area contributed by atoms with Crippen molar-refractivity contribution in [1.29, 1.82) is 0 Å². The van der Waals surface area contributed by atoms with Crippen molar-refractivity contribution in [3.63, 3.8) is 0 Å². The van der Waals surface area contributed by atoms with Gasteiger partial charge in [-0.25, -0.2) is 17.8 Å². The SMILES string of the molecule is CCNC(=NCc1ccccc1F)NCCS(=O)(=O)N1CC(C)OC(C)C1. The van der Waals surface area contributed by atoms with Crippen LogP contribution in [0, 0.1) is 5.82 Å². The zero-order valence-electron chi connectivity index (χ0n) is 16.1. The van der Waals surface area contributed by atoms with Gasteiger partial charge in [0, 0.05) is 31.7 Å². The summed E-state index contributed by atoms with van der Waals surface area (Å²) < 4.78 is 45.9. The van der Waals surface area contributed by atoms with Crippen molar-refractivity contribution < 1.29 is 17.5 Å². The Kier molecular flexibility index (Phi) is 8.00. The summed E-state index contributed by atoms with van der Waals surface area (Å²) in [5.41, 5.74) is 0.485. The van der Waals surface area contributed by atoms with Gasteiger partial charge in [0.05, 0.1) is 24.5 Å². The Morgan fingerprint density at radius 1 is 1.26 bits per heavy atom. The molecule has 0 spiro atoms. The molecular weight excluding hydrogens is 371 g/mol. The van der Waals surface area contributed by atoms with Crippen LogP contribution in [0.2, 0.25) is 0 Å². The zero-order chi connectivity index (χ0) is 19.9. The molecule has 27 heavy (non-hydrogen) atoms. The fourth-order valence-electron chi connectivity index (χ4n) is 2.92. The number of ether oxygens (including phenoxy) is 1. The van der Waals surface area contributed by atoms with Crippen molar-refractivity contribution in [1.82, 2.24) is 14.9 Å². The van der Waals surface area contributed by atoms with Crippen molar-refractivity contribution in [2.45, 2.75) is 39.5 Å². The lowest BCUT2D eigenvalue weighted by Crippen LogP contribution is -2.50. The predicted molar refractivity (Wildman–Crippen MR) is 105 cm³/mol. The van der Waals surface area contributed by atoms with Gasteiger partial charge in [0.2, 0.25) is 10.0 Å². The second-order valence-electron chi connectivity index (χ2n) is 6.60.